The van der Waals surface area contributed by atoms with Crippen LogP contribution in [0, 0.1) is 27.7 Å². The Morgan fingerprint density at radius 2 is 0.696 bits per heavy atom. The number of benzene rings is 3. The number of piperidine rings is 3. The van der Waals surface area contributed by atoms with Crippen molar-refractivity contribution in [3.8, 4) is 33.4 Å². The molecule has 3 N–H and O–H groups in total. The van der Waals surface area contributed by atoms with Gasteiger partial charge in [-0.15, -0.1) is 0 Å². The first-order valence-corrected chi connectivity index (χ1v) is 37.3. The highest BCUT2D eigenvalue weighted by Gasteiger charge is 2.31. The highest BCUT2D eigenvalue weighted by atomic mass is 32.2. The monoisotopic (exact) mass is 1300 g/mol. The number of hydrogen-bond donors (Lipinski definition) is 3. The second-order valence-electron chi connectivity index (χ2n) is 24.6. The number of aromatic nitrogens is 6. The lowest BCUT2D eigenvalue weighted by Crippen LogP contribution is -2.43. The van der Waals surface area contributed by atoms with E-state index in [2.05, 4.69) is 107 Å². The number of fused-ring (bicyclic) bond motifs is 3. The summed E-state index contributed by atoms with van der Waals surface area (Å²) < 4.78 is 79.4. The van der Waals surface area contributed by atoms with Crippen LogP contribution in [0.25, 0.3) is 65.7 Å². The summed E-state index contributed by atoms with van der Waals surface area (Å²) in [6.07, 6.45) is 22.5. The molecule has 6 aromatic heterocycles. The maximum Gasteiger partial charge on any atom is 0.214 e. The minimum Gasteiger partial charge on any atom is -0.382 e. The largest absolute Gasteiger partial charge is 0.382 e. The molecular formula is C71H88N12O6S3. The van der Waals surface area contributed by atoms with Gasteiger partial charge >= 0.3 is 0 Å². The van der Waals surface area contributed by atoms with Crippen LogP contribution >= 0.6 is 0 Å². The van der Waals surface area contributed by atoms with E-state index in [0.29, 0.717) is 52.1 Å². The van der Waals surface area contributed by atoms with Crippen LogP contribution in [0.5, 0.6) is 0 Å². The average molecular weight is 1300 g/mol. The van der Waals surface area contributed by atoms with Gasteiger partial charge in [0.25, 0.3) is 0 Å². The molecule has 0 bridgehead atoms. The van der Waals surface area contributed by atoms with Crippen LogP contribution in [0.2, 0.25) is 0 Å². The fourth-order valence-electron chi connectivity index (χ4n) is 12.6. The molecule has 12 rings (SSSR count). The summed E-state index contributed by atoms with van der Waals surface area (Å²) in [6, 6.07) is 32.3. The quantitative estimate of drug-likeness (QED) is 0.0684. The predicted molar refractivity (Wildman–Crippen MR) is 375 cm³/mol. The molecule has 3 aliphatic rings. The van der Waals surface area contributed by atoms with Crippen molar-refractivity contribution < 1.29 is 25.3 Å². The van der Waals surface area contributed by atoms with Crippen LogP contribution < -0.4 is 16.0 Å². The van der Waals surface area contributed by atoms with Gasteiger partial charge in [-0.1, -0.05) is 27.2 Å². The average Bonchev–Trinajstić information content (AvgIpc) is 0.862. The molecule has 486 valence electrons. The minimum atomic E-state index is -3.13. The Kier molecular flexibility index (Phi) is 22.3. The van der Waals surface area contributed by atoms with Crippen LogP contribution in [0.3, 0.4) is 0 Å². The zero-order valence-corrected chi connectivity index (χ0v) is 56.6. The molecule has 21 heteroatoms. The maximum atomic E-state index is 12.5. The molecule has 3 aliphatic heterocycles. The molecule has 0 amide bonds. The van der Waals surface area contributed by atoms with Crippen LogP contribution in [-0.2, 0) is 30.1 Å². The van der Waals surface area contributed by atoms with Gasteiger partial charge in [-0.25, -0.2) is 38.2 Å². The third kappa shape index (κ3) is 17.2. The van der Waals surface area contributed by atoms with Gasteiger partial charge in [-0.05, 0) is 226 Å². The standard InChI is InChI=1S/2C24H30N4O2S.C23H28N4O2S/c1-4-11-31(29,30)28-9-6-22(7-10-28)27-24-15-21(14-19-5-8-25-16-23(19)24)20-12-17(2)26-18(3)13-20;1-3-4-13-31(29,30)28-11-7-22(8-12-28)27-24-16-21(19-6-10-26-18(2)14-19)15-20-5-9-25-17-23(20)24;1-3-12-30(28,29)27-10-6-21(7-11-27)26-23-15-20(18-5-9-25-17(2)13-18)14-19-4-8-24-16-22(19)23/h5,8,12-16,22,27H,4,6-7,9-11H2,1-3H3;5-6,9-10,14-17,22,27H,3-4,7-8,11-13H2,1-2H3;4-5,8-9,13-16,21,26H,3,6-7,10-12H2,1-2H3. The maximum absolute atomic E-state index is 12.5. The number of unbranched alkanes of at least 4 members (excludes halogenated alkanes) is 1. The lowest BCUT2D eigenvalue weighted by atomic mass is 9.99. The normalized spacial score (nSPS) is 16.0. The fraction of sp³-hybridized carbons (Fsp3) is 0.408. The van der Waals surface area contributed by atoms with Crippen molar-refractivity contribution in [3.05, 3.63) is 163 Å². The Bertz CT molecular complexity index is 4340. The van der Waals surface area contributed by atoms with Gasteiger partial charge in [0, 0.05) is 163 Å². The lowest BCUT2D eigenvalue weighted by Gasteiger charge is -2.32. The van der Waals surface area contributed by atoms with Gasteiger partial charge < -0.3 is 16.0 Å². The highest BCUT2D eigenvalue weighted by molar-refractivity contribution is 7.89. The van der Waals surface area contributed by atoms with Crippen LogP contribution in [0.15, 0.2) is 141 Å². The third-order valence-corrected chi connectivity index (χ3v) is 23.6. The summed E-state index contributed by atoms with van der Waals surface area (Å²) in [4.78, 5) is 26.1. The van der Waals surface area contributed by atoms with Crippen molar-refractivity contribution in [3.63, 3.8) is 0 Å². The molecule has 0 unspecified atom stereocenters. The number of hydrogen-bond acceptors (Lipinski definition) is 15. The Morgan fingerprint density at radius 3 is 1.02 bits per heavy atom. The Labute approximate surface area is 544 Å². The van der Waals surface area contributed by atoms with Gasteiger partial charge in [0.15, 0.2) is 0 Å². The molecule has 92 heavy (non-hydrogen) atoms. The molecule has 0 radical (unpaired) electrons. The minimum absolute atomic E-state index is 0.229. The summed E-state index contributed by atoms with van der Waals surface area (Å²) in [7, 11) is -9.38. The van der Waals surface area contributed by atoms with Crippen LogP contribution in [-0.4, -0.2) is 143 Å². The molecule has 0 aliphatic carbocycles. The first-order valence-electron chi connectivity index (χ1n) is 32.5. The number of anilines is 3. The van der Waals surface area contributed by atoms with E-state index in [4.69, 9.17) is 0 Å². The molecular weight excluding hydrogens is 1210 g/mol. The molecule has 9 heterocycles. The van der Waals surface area contributed by atoms with Gasteiger partial charge in [-0.3, -0.25) is 29.9 Å². The van der Waals surface area contributed by atoms with Crippen molar-refractivity contribution in [2.24, 2.45) is 0 Å². The first kappa shape index (κ1) is 67.4. The predicted octanol–water partition coefficient (Wildman–Crippen LogP) is 13.4. The van der Waals surface area contributed by atoms with E-state index in [1.165, 1.54) is 0 Å². The van der Waals surface area contributed by atoms with Crippen molar-refractivity contribution >= 4 is 79.4 Å². The second-order valence-corrected chi connectivity index (χ2v) is 30.9. The molecule has 3 aromatic carbocycles. The molecule has 3 saturated heterocycles. The number of aryl methyl sites for hydroxylation is 4. The topological polar surface area (TPSA) is 226 Å². The molecule has 18 nitrogen and oxygen atoms in total. The molecule has 9 aromatic rings. The van der Waals surface area contributed by atoms with Gasteiger partial charge in [-0.2, -0.15) is 0 Å². The summed E-state index contributed by atoms with van der Waals surface area (Å²) in [6.45, 7) is 17.3. The third-order valence-electron chi connectivity index (χ3n) is 17.4. The number of pyridine rings is 6. The van der Waals surface area contributed by atoms with Crippen molar-refractivity contribution in [2.45, 2.75) is 131 Å². The Balaban J connectivity index is 0.000000151. The fourth-order valence-corrected chi connectivity index (χ4v) is 17.4. The van der Waals surface area contributed by atoms with E-state index < -0.39 is 30.1 Å². The van der Waals surface area contributed by atoms with E-state index in [9.17, 15) is 25.3 Å². The van der Waals surface area contributed by atoms with Crippen LogP contribution in [0.1, 0.15) is 108 Å². The smallest absolute Gasteiger partial charge is 0.214 e. The summed E-state index contributed by atoms with van der Waals surface area (Å²) in [5, 5.41) is 17.7. The van der Waals surface area contributed by atoms with Gasteiger partial charge in [0.1, 0.15) is 0 Å². The molecule has 3 fully saturated rings. The molecule has 0 atom stereocenters. The first-order chi connectivity index (χ1) is 44.3. The number of rotatable bonds is 19. The molecule has 0 saturated carbocycles. The zero-order valence-electron chi connectivity index (χ0n) is 54.1. The Morgan fingerprint density at radius 1 is 0.380 bits per heavy atom. The Hall–Kier alpha value is -7.53. The van der Waals surface area contributed by atoms with E-state index >= 15 is 0 Å². The lowest BCUT2D eigenvalue weighted by molar-refractivity contribution is 0.329. The highest BCUT2D eigenvalue weighted by Crippen LogP contribution is 2.36. The van der Waals surface area contributed by atoms with E-state index in [1.807, 2.05) is 128 Å². The van der Waals surface area contributed by atoms with E-state index in [-0.39, 0.29) is 35.4 Å². The zero-order chi connectivity index (χ0) is 65.0. The van der Waals surface area contributed by atoms with Crippen LogP contribution in [0.4, 0.5) is 17.1 Å². The van der Waals surface area contributed by atoms with Crippen molar-refractivity contribution in [2.75, 3.05) is 72.5 Å². The van der Waals surface area contributed by atoms with E-state index in [0.717, 1.165) is 157 Å². The van der Waals surface area contributed by atoms with Gasteiger partial charge in [0.05, 0.1) is 17.3 Å². The van der Waals surface area contributed by atoms with Crippen molar-refractivity contribution in [1.29, 1.82) is 0 Å². The number of sulfonamides is 3. The SMILES string of the molecule is CCCCS(=O)(=O)N1CCC(Nc2cc(-c3ccnc(C)c3)cc3ccncc23)CC1.CCCS(=O)(=O)N1CCC(Nc2cc(-c3cc(C)nc(C)c3)cc3ccncc23)CC1.CCCS(=O)(=O)N1CCC(Nc2cc(-c3ccnc(C)c3)cc3ccncc23)CC1. The summed E-state index contributed by atoms with van der Waals surface area (Å²) in [5.74, 6) is 0.717. The van der Waals surface area contributed by atoms with Crippen molar-refractivity contribution in [1.82, 2.24) is 42.8 Å². The molecule has 0 spiro atoms. The van der Waals surface area contributed by atoms with Gasteiger partial charge in [0.2, 0.25) is 30.1 Å². The second kappa shape index (κ2) is 30.5. The number of nitrogens with zero attached hydrogens (tertiary/aromatic N) is 9. The van der Waals surface area contributed by atoms with E-state index in [1.54, 1.807) is 12.9 Å². The summed E-state index contributed by atoms with van der Waals surface area (Å²) in [5.41, 5.74) is 13.9. The summed E-state index contributed by atoms with van der Waals surface area (Å²) >= 11 is 0. The number of nitrogens with one attached hydrogen (secondary N) is 3.